The summed E-state index contributed by atoms with van der Waals surface area (Å²) in [7, 11) is 0. The smallest absolute Gasteiger partial charge is 0.345 e. The van der Waals surface area contributed by atoms with Gasteiger partial charge < -0.3 is 15.4 Å². The fourth-order valence-corrected chi connectivity index (χ4v) is 3.47. The molecule has 0 saturated carbocycles. The van der Waals surface area contributed by atoms with Gasteiger partial charge in [0, 0.05) is 18.2 Å². The first-order chi connectivity index (χ1) is 13.9. The van der Waals surface area contributed by atoms with E-state index in [1.807, 2.05) is 0 Å². The number of benzene rings is 1. The Hall–Kier alpha value is -3.56. The standard InChI is InChI=1S/C19H17F2N5O3/c1-2-29-19(28)16-17(22)24-26-6-5-15(23-18(16)26)25-9-11(27)8-14(25)12-7-10(20)3-4-13(12)21/h3-7,14H,2,8-9H2,1H3,(H2,22,24). The van der Waals surface area contributed by atoms with Gasteiger partial charge in [-0.05, 0) is 31.2 Å². The van der Waals surface area contributed by atoms with Crippen LogP contribution in [0.15, 0.2) is 30.5 Å². The highest BCUT2D eigenvalue weighted by Gasteiger charge is 2.35. The molecule has 1 aromatic carbocycles. The summed E-state index contributed by atoms with van der Waals surface area (Å²) in [6.07, 6.45) is 1.54. The number of hydrogen-bond acceptors (Lipinski definition) is 7. The van der Waals surface area contributed by atoms with Crippen LogP contribution in [-0.2, 0) is 9.53 Å². The summed E-state index contributed by atoms with van der Waals surface area (Å²) >= 11 is 0. The normalized spacial score (nSPS) is 16.6. The van der Waals surface area contributed by atoms with Gasteiger partial charge in [-0.15, -0.1) is 5.10 Å². The topological polar surface area (TPSA) is 103 Å². The van der Waals surface area contributed by atoms with E-state index in [2.05, 4.69) is 10.1 Å². The minimum absolute atomic E-state index is 0.00714. The predicted molar refractivity (Wildman–Crippen MR) is 99.4 cm³/mol. The first-order valence-electron chi connectivity index (χ1n) is 8.94. The average molecular weight is 401 g/mol. The number of halogens is 2. The highest BCUT2D eigenvalue weighted by Crippen LogP contribution is 2.35. The van der Waals surface area contributed by atoms with Gasteiger partial charge in [0.2, 0.25) is 0 Å². The lowest BCUT2D eigenvalue weighted by Crippen LogP contribution is -2.25. The van der Waals surface area contributed by atoms with Gasteiger partial charge in [-0.25, -0.2) is 23.1 Å². The van der Waals surface area contributed by atoms with Crippen LogP contribution in [0.2, 0.25) is 0 Å². The SMILES string of the molecule is CCOC(=O)c1c(N)nn2ccc(N3CC(=O)CC3c3cc(F)ccc3F)nc12. The predicted octanol–water partition coefficient (Wildman–Crippen LogP) is 2.29. The number of rotatable bonds is 4. The van der Waals surface area contributed by atoms with E-state index in [-0.39, 0.29) is 47.9 Å². The third kappa shape index (κ3) is 3.26. The number of fused-ring (bicyclic) bond motifs is 1. The van der Waals surface area contributed by atoms with Crippen LogP contribution in [0.1, 0.15) is 35.3 Å². The van der Waals surface area contributed by atoms with Crippen molar-refractivity contribution >= 4 is 29.0 Å². The Kier molecular flexibility index (Phi) is 4.61. The number of aromatic nitrogens is 3. The van der Waals surface area contributed by atoms with Crippen LogP contribution in [0.4, 0.5) is 20.4 Å². The molecule has 10 heteroatoms. The van der Waals surface area contributed by atoms with Gasteiger partial charge in [-0.3, -0.25) is 4.79 Å². The third-order valence-electron chi connectivity index (χ3n) is 4.73. The molecule has 1 aliphatic heterocycles. The quantitative estimate of drug-likeness (QED) is 0.669. The van der Waals surface area contributed by atoms with Crippen molar-refractivity contribution in [3.05, 3.63) is 53.2 Å². The summed E-state index contributed by atoms with van der Waals surface area (Å²) in [5.41, 5.74) is 6.06. The molecule has 150 valence electrons. The fourth-order valence-electron chi connectivity index (χ4n) is 3.47. The molecule has 8 nitrogen and oxygen atoms in total. The molecular formula is C19H17F2N5O3. The van der Waals surface area contributed by atoms with Crippen molar-refractivity contribution in [3.8, 4) is 0 Å². The van der Waals surface area contributed by atoms with Gasteiger partial charge in [-0.2, -0.15) is 0 Å². The largest absolute Gasteiger partial charge is 0.462 e. The van der Waals surface area contributed by atoms with Crippen molar-refractivity contribution in [1.29, 1.82) is 0 Å². The lowest BCUT2D eigenvalue weighted by Gasteiger charge is -2.25. The number of nitrogen functional groups attached to an aromatic ring is 1. The summed E-state index contributed by atoms with van der Waals surface area (Å²) in [5.74, 6) is -1.76. The Bertz CT molecular complexity index is 1130. The summed E-state index contributed by atoms with van der Waals surface area (Å²) in [6, 6.07) is 3.96. The van der Waals surface area contributed by atoms with E-state index in [4.69, 9.17) is 10.5 Å². The fraction of sp³-hybridized carbons (Fsp3) is 0.263. The van der Waals surface area contributed by atoms with E-state index in [1.54, 1.807) is 17.9 Å². The Morgan fingerprint density at radius 3 is 2.90 bits per heavy atom. The summed E-state index contributed by atoms with van der Waals surface area (Å²) in [4.78, 5) is 30.4. The Labute approximate surface area is 163 Å². The maximum atomic E-state index is 14.3. The summed E-state index contributed by atoms with van der Waals surface area (Å²) < 4.78 is 34.3. The lowest BCUT2D eigenvalue weighted by atomic mass is 10.0. The second-order valence-electron chi connectivity index (χ2n) is 6.59. The molecule has 0 bridgehead atoms. The maximum Gasteiger partial charge on any atom is 0.345 e. The third-order valence-corrected chi connectivity index (χ3v) is 4.73. The molecule has 4 rings (SSSR count). The number of anilines is 2. The maximum absolute atomic E-state index is 14.3. The van der Waals surface area contributed by atoms with Crippen molar-refractivity contribution in [2.24, 2.45) is 0 Å². The van der Waals surface area contributed by atoms with Crippen LogP contribution in [-0.4, -0.2) is 39.5 Å². The van der Waals surface area contributed by atoms with Crippen LogP contribution in [0.3, 0.4) is 0 Å². The van der Waals surface area contributed by atoms with Gasteiger partial charge in [0.1, 0.15) is 23.0 Å². The number of ketones is 1. The number of hydrogen-bond donors (Lipinski definition) is 1. The van der Waals surface area contributed by atoms with Crippen molar-refractivity contribution in [2.45, 2.75) is 19.4 Å². The Morgan fingerprint density at radius 2 is 2.14 bits per heavy atom. The number of ether oxygens (including phenoxy) is 1. The van der Waals surface area contributed by atoms with Crippen molar-refractivity contribution in [2.75, 3.05) is 23.8 Å². The average Bonchev–Trinajstić information content (AvgIpc) is 3.22. The Morgan fingerprint density at radius 1 is 1.34 bits per heavy atom. The van der Waals surface area contributed by atoms with Crippen LogP contribution < -0.4 is 10.6 Å². The molecule has 2 aromatic heterocycles. The monoisotopic (exact) mass is 401 g/mol. The molecular weight excluding hydrogens is 384 g/mol. The zero-order chi connectivity index (χ0) is 20.7. The molecule has 0 aliphatic carbocycles. The minimum Gasteiger partial charge on any atom is -0.462 e. The van der Waals surface area contributed by atoms with Crippen molar-refractivity contribution < 1.29 is 23.1 Å². The summed E-state index contributed by atoms with van der Waals surface area (Å²) in [5, 5.41) is 4.04. The molecule has 0 amide bonds. The molecule has 2 N–H and O–H groups in total. The number of nitrogens with two attached hydrogens (primary N) is 1. The van der Waals surface area contributed by atoms with E-state index < -0.39 is 23.6 Å². The molecule has 1 aliphatic rings. The first-order valence-corrected chi connectivity index (χ1v) is 8.94. The second-order valence-corrected chi connectivity index (χ2v) is 6.59. The first kappa shape index (κ1) is 18.8. The molecule has 0 radical (unpaired) electrons. The number of carbonyl (C=O) groups is 2. The van der Waals surface area contributed by atoms with Crippen molar-refractivity contribution in [3.63, 3.8) is 0 Å². The molecule has 3 heterocycles. The van der Waals surface area contributed by atoms with Gasteiger partial charge in [0.05, 0.1) is 19.2 Å². The van der Waals surface area contributed by atoms with Gasteiger partial charge in [0.15, 0.2) is 17.2 Å². The number of Topliss-reactive ketones (excluding diaryl/α,β-unsaturated/α-hetero) is 1. The van der Waals surface area contributed by atoms with E-state index in [0.717, 1.165) is 18.2 Å². The zero-order valence-electron chi connectivity index (χ0n) is 15.4. The van der Waals surface area contributed by atoms with Crippen LogP contribution in [0, 0.1) is 11.6 Å². The zero-order valence-corrected chi connectivity index (χ0v) is 15.4. The highest BCUT2D eigenvalue weighted by molar-refractivity contribution is 6.01. The number of esters is 1. The van der Waals surface area contributed by atoms with Crippen LogP contribution >= 0.6 is 0 Å². The van der Waals surface area contributed by atoms with Crippen LogP contribution in [0.25, 0.3) is 5.65 Å². The van der Waals surface area contributed by atoms with Gasteiger partial charge in [0.25, 0.3) is 0 Å². The molecule has 1 saturated heterocycles. The minimum atomic E-state index is -0.723. The van der Waals surface area contributed by atoms with E-state index in [9.17, 15) is 18.4 Å². The molecule has 3 aromatic rings. The van der Waals surface area contributed by atoms with Gasteiger partial charge in [-0.1, -0.05) is 0 Å². The number of carbonyl (C=O) groups excluding carboxylic acids is 2. The van der Waals surface area contributed by atoms with Crippen molar-refractivity contribution in [1.82, 2.24) is 14.6 Å². The molecule has 29 heavy (non-hydrogen) atoms. The molecule has 1 fully saturated rings. The molecule has 1 atom stereocenters. The second kappa shape index (κ2) is 7.12. The van der Waals surface area contributed by atoms with E-state index >= 15 is 0 Å². The van der Waals surface area contributed by atoms with Crippen LogP contribution in [0.5, 0.6) is 0 Å². The molecule has 0 spiro atoms. The number of nitrogens with zero attached hydrogens (tertiary/aromatic N) is 4. The highest BCUT2D eigenvalue weighted by atomic mass is 19.1. The molecule has 1 unspecified atom stereocenters. The lowest BCUT2D eigenvalue weighted by molar-refractivity contribution is -0.116. The summed E-state index contributed by atoms with van der Waals surface area (Å²) in [6.45, 7) is 1.78. The van der Waals surface area contributed by atoms with E-state index in [1.165, 1.54) is 10.7 Å². The van der Waals surface area contributed by atoms with E-state index in [0.29, 0.717) is 5.82 Å². The van der Waals surface area contributed by atoms with Gasteiger partial charge >= 0.3 is 5.97 Å². The Balaban J connectivity index is 1.80.